The molecular weight excluding hydrogens is 422 g/mol. The molecule has 0 saturated carbocycles. The van der Waals surface area contributed by atoms with Crippen LogP contribution in [0.5, 0.6) is 5.75 Å². The van der Waals surface area contributed by atoms with E-state index in [1.807, 2.05) is 75.4 Å². The molecule has 0 atom stereocenters. The molecule has 0 bridgehead atoms. The third kappa shape index (κ3) is 5.67. The minimum atomic E-state index is -0.220. The number of carbonyl (C=O) groups excluding carboxylic acids is 1. The molecule has 1 heterocycles. The normalized spacial score (nSPS) is 11.9. The summed E-state index contributed by atoms with van der Waals surface area (Å²) in [5.74, 6) is 1.05. The van der Waals surface area contributed by atoms with E-state index in [-0.39, 0.29) is 5.91 Å². The first-order valence-corrected chi connectivity index (χ1v) is 11.5. The molecule has 174 valence electrons. The molecule has 0 saturated heterocycles. The van der Waals surface area contributed by atoms with Crippen molar-refractivity contribution in [2.24, 2.45) is 0 Å². The number of methoxy groups -OCH3 is 1. The highest BCUT2D eigenvalue weighted by Gasteiger charge is 2.22. The van der Waals surface area contributed by atoms with Crippen LogP contribution in [0.15, 0.2) is 78.9 Å². The molecule has 5 nitrogen and oxygen atoms in total. The molecule has 1 aromatic heterocycles. The van der Waals surface area contributed by atoms with E-state index in [0.717, 1.165) is 41.1 Å². The highest BCUT2D eigenvalue weighted by atomic mass is 16.5. The molecule has 0 unspecified atom stereocenters. The van der Waals surface area contributed by atoms with Crippen molar-refractivity contribution in [3.63, 3.8) is 0 Å². The number of nitrogens with zero attached hydrogens (tertiary/aromatic N) is 2. The smallest absolute Gasteiger partial charge is 0.256 e. The van der Waals surface area contributed by atoms with Gasteiger partial charge in [-0.15, -0.1) is 0 Å². The van der Waals surface area contributed by atoms with Crippen molar-refractivity contribution < 1.29 is 9.53 Å². The molecule has 34 heavy (non-hydrogen) atoms. The van der Waals surface area contributed by atoms with Gasteiger partial charge in [-0.3, -0.25) is 4.79 Å². The molecule has 0 spiro atoms. The van der Waals surface area contributed by atoms with Gasteiger partial charge < -0.3 is 10.1 Å². The number of anilines is 1. The van der Waals surface area contributed by atoms with Crippen molar-refractivity contribution in [2.75, 3.05) is 12.4 Å². The highest BCUT2D eigenvalue weighted by molar-refractivity contribution is 6.04. The van der Waals surface area contributed by atoms with E-state index >= 15 is 0 Å². The number of benzene rings is 2. The Balaban J connectivity index is 0.00000158. The lowest BCUT2D eigenvalue weighted by atomic mass is 9.91. The van der Waals surface area contributed by atoms with Crippen LogP contribution in [0.1, 0.15) is 48.1 Å². The van der Waals surface area contributed by atoms with Gasteiger partial charge in [-0.2, -0.15) is 0 Å². The second kappa shape index (κ2) is 11.8. The number of ether oxygens (including phenoxy) is 1. The molecular formula is C29H31N3O2. The summed E-state index contributed by atoms with van der Waals surface area (Å²) < 4.78 is 5.37. The van der Waals surface area contributed by atoms with Gasteiger partial charge in [-0.05, 0) is 67.3 Å². The van der Waals surface area contributed by atoms with Gasteiger partial charge in [0.05, 0.1) is 18.5 Å². The number of aromatic nitrogens is 2. The van der Waals surface area contributed by atoms with Crippen LogP contribution >= 0.6 is 0 Å². The maximum Gasteiger partial charge on any atom is 0.256 e. The zero-order valence-corrected chi connectivity index (χ0v) is 20.3. The number of nitrogens with one attached hydrogen (secondary N) is 1. The van der Waals surface area contributed by atoms with Crippen molar-refractivity contribution in [2.45, 2.75) is 33.6 Å². The molecule has 3 aromatic rings. The average molecular weight is 454 g/mol. The number of fused-ring (bicyclic) bond motifs is 3. The second-order valence-electron chi connectivity index (χ2n) is 7.50. The monoisotopic (exact) mass is 453 g/mol. The van der Waals surface area contributed by atoms with Crippen molar-refractivity contribution in [1.82, 2.24) is 9.97 Å². The summed E-state index contributed by atoms with van der Waals surface area (Å²) in [7, 11) is 1.67. The number of allylic oxidation sites excluding steroid dienone is 4. The number of hydrogen-bond donors (Lipinski definition) is 1. The molecule has 5 heteroatoms. The lowest BCUT2D eigenvalue weighted by molar-refractivity contribution is 0.102. The third-order valence-corrected chi connectivity index (χ3v) is 5.30. The Bertz CT molecular complexity index is 1230. The predicted octanol–water partition coefficient (Wildman–Crippen LogP) is 6.67. The van der Waals surface area contributed by atoms with Crippen molar-refractivity contribution in [1.29, 1.82) is 0 Å². The summed E-state index contributed by atoms with van der Waals surface area (Å²) in [5, 5.41) is 2.94. The largest absolute Gasteiger partial charge is 0.497 e. The molecule has 0 radical (unpaired) electrons. The Morgan fingerprint density at radius 1 is 1.06 bits per heavy atom. The summed E-state index contributed by atoms with van der Waals surface area (Å²) in [6.07, 6.45) is 9.12. The number of amides is 1. The average Bonchev–Trinajstić information content (AvgIpc) is 2.88. The van der Waals surface area contributed by atoms with Crippen molar-refractivity contribution >= 4 is 17.8 Å². The van der Waals surface area contributed by atoms with E-state index in [9.17, 15) is 4.79 Å². The van der Waals surface area contributed by atoms with Gasteiger partial charge in [-0.1, -0.05) is 56.9 Å². The topological polar surface area (TPSA) is 64.1 Å². The fraction of sp³-hybridized carbons (Fsp3) is 0.207. The number of rotatable bonds is 6. The molecule has 1 amide bonds. The van der Waals surface area contributed by atoms with Crippen LogP contribution in [0.4, 0.5) is 5.82 Å². The quantitative estimate of drug-likeness (QED) is 0.423. The van der Waals surface area contributed by atoms with Crippen LogP contribution in [-0.2, 0) is 12.8 Å². The van der Waals surface area contributed by atoms with Gasteiger partial charge in [0.1, 0.15) is 11.4 Å². The molecule has 4 rings (SSSR count). The first-order valence-electron chi connectivity index (χ1n) is 11.5. The maximum atomic E-state index is 12.8. The molecule has 1 aliphatic rings. The van der Waals surface area contributed by atoms with Gasteiger partial charge in [0.2, 0.25) is 0 Å². The van der Waals surface area contributed by atoms with Crippen LogP contribution in [0.2, 0.25) is 0 Å². The molecule has 1 aliphatic carbocycles. The van der Waals surface area contributed by atoms with E-state index in [2.05, 4.69) is 18.0 Å². The van der Waals surface area contributed by atoms with Crippen molar-refractivity contribution in [3.05, 3.63) is 101 Å². The number of hydrogen-bond acceptors (Lipinski definition) is 4. The zero-order valence-electron chi connectivity index (χ0n) is 20.3. The summed E-state index contributed by atoms with van der Waals surface area (Å²) in [6.45, 7) is 9.96. The van der Waals surface area contributed by atoms with Gasteiger partial charge >= 0.3 is 0 Å². The van der Waals surface area contributed by atoms with Crippen LogP contribution in [-0.4, -0.2) is 23.0 Å². The Hall–Kier alpha value is -3.99. The lowest BCUT2D eigenvalue weighted by Gasteiger charge is -2.21. The third-order valence-electron chi connectivity index (χ3n) is 5.30. The van der Waals surface area contributed by atoms with E-state index in [1.165, 1.54) is 5.56 Å². The lowest BCUT2D eigenvalue weighted by Crippen LogP contribution is -2.17. The number of aryl methyl sites for hydroxylation is 2. The van der Waals surface area contributed by atoms with Crippen LogP contribution < -0.4 is 10.1 Å². The van der Waals surface area contributed by atoms with Gasteiger partial charge in [-0.25, -0.2) is 9.97 Å². The standard InChI is InChI=1S/C27H25N3O2.C2H6/c1-4-8-18(2)11-15-24-26(30-27(31)19-9-6-5-7-10-19)29-23-16-12-20-17-21(32-3)13-14-22(20)25(23)28-24;1-2/h4-11,13-15,17H,2,12,16H2,1,3H3,(H,29,30,31);1-2H3/b8-4-,15-11+;. The SMILES string of the molecule is C=C(/C=C\C)/C=C/c1nc2c(nc1NC(=O)c1ccccc1)CCc1cc(OC)ccc1-2.CC. The Kier molecular flexibility index (Phi) is 8.52. The van der Waals surface area contributed by atoms with Gasteiger partial charge in [0.15, 0.2) is 5.82 Å². The Labute approximate surface area is 201 Å². The van der Waals surface area contributed by atoms with Crippen LogP contribution in [0.3, 0.4) is 0 Å². The minimum Gasteiger partial charge on any atom is -0.497 e. The predicted molar refractivity (Wildman–Crippen MR) is 140 cm³/mol. The first-order chi connectivity index (χ1) is 16.6. The van der Waals surface area contributed by atoms with E-state index in [0.29, 0.717) is 17.1 Å². The van der Waals surface area contributed by atoms with Gasteiger partial charge in [0.25, 0.3) is 5.91 Å². The first kappa shape index (κ1) is 24.6. The van der Waals surface area contributed by atoms with Crippen LogP contribution in [0.25, 0.3) is 17.3 Å². The van der Waals surface area contributed by atoms with Crippen molar-refractivity contribution in [3.8, 4) is 17.0 Å². The minimum absolute atomic E-state index is 0.220. The molecule has 0 fully saturated rings. The van der Waals surface area contributed by atoms with E-state index in [1.54, 1.807) is 19.2 Å². The fourth-order valence-corrected chi connectivity index (χ4v) is 3.69. The van der Waals surface area contributed by atoms with Gasteiger partial charge in [0, 0.05) is 11.1 Å². The fourth-order valence-electron chi connectivity index (χ4n) is 3.69. The summed E-state index contributed by atoms with van der Waals surface area (Å²) >= 11 is 0. The number of carbonyl (C=O) groups is 1. The molecule has 0 aliphatic heterocycles. The molecule has 1 N–H and O–H groups in total. The Morgan fingerprint density at radius 3 is 2.53 bits per heavy atom. The zero-order chi connectivity index (χ0) is 24.5. The summed E-state index contributed by atoms with van der Waals surface area (Å²) in [4.78, 5) is 22.5. The highest BCUT2D eigenvalue weighted by Crippen LogP contribution is 2.35. The molecule has 2 aromatic carbocycles. The van der Waals surface area contributed by atoms with E-state index < -0.39 is 0 Å². The summed E-state index contributed by atoms with van der Waals surface area (Å²) in [5.41, 5.74) is 5.92. The van der Waals surface area contributed by atoms with Crippen LogP contribution in [0, 0.1) is 0 Å². The van der Waals surface area contributed by atoms with E-state index in [4.69, 9.17) is 14.7 Å². The Morgan fingerprint density at radius 2 is 1.82 bits per heavy atom. The second-order valence-corrected chi connectivity index (χ2v) is 7.50. The summed E-state index contributed by atoms with van der Waals surface area (Å²) in [6, 6.07) is 15.1. The maximum absolute atomic E-state index is 12.8.